The van der Waals surface area contributed by atoms with Crippen LogP contribution in [0.15, 0.2) is 65.1 Å². The van der Waals surface area contributed by atoms with Crippen molar-refractivity contribution in [2.75, 3.05) is 11.9 Å². The number of nitrogens with one attached hydrogen (secondary N) is 1. The molecule has 3 aromatic rings. The predicted octanol–water partition coefficient (Wildman–Crippen LogP) is 7.35. The molecule has 0 heterocycles. The van der Waals surface area contributed by atoms with Crippen LogP contribution in [0, 0.1) is 0 Å². The number of ether oxygens (including phenoxy) is 2. The fourth-order valence-electron chi connectivity index (χ4n) is 2.68. The Kier molecular flexibility index (Phi) is 7.49. The lowest BCUT2D eigenvalue weighted by Gasteiger charge is -2.16. The Hall–Kier alpha value is -1.88. The summed E-state index contributed by atoms with van der Waals surface area (Å²) in [5.41, 5.74) is 3.07. The Morgan fingerprint density at radius 1 is 0.893 bits per heavy atom. The number of hydrogen-bond acceptors (Lipinski definition) is 3. The molecule has 3 rings (SSSR count). The van der Waals surface area contributed by atoms with Crippen LogP contribution < -0.4 is 14.8 Å². The van der Waals surface area contributed by atoms with Gasteiger partial charge in [0.1, 0.15) is 6.61 Å². The first-order valence-corrected chi connectivity index (χ1v) is 10.4. The van der Waals surface area contributed by atoms with E-state index in [4.69, 9.17) is 32.7 Å². The minimum Gasteiger partial charge on any atom is -0.490 e. The third kappa shape index (κ3) is 5.81. The third-order valence-electron chi connectivity index (χ3n) is 3.98. The van der Waals surface area contributed by atoms with Gasteiger partial charge in [-0.15, -0.1) is 0 Å². The maximum absolute atomic E-state index is 6.05. The van der Waals surface area contributed by atoms with E-state index in [1.165, 1.54) is 0 Å². The van der Waals surface area contributed by atoms with Gasteiger partial charge in [-0.2, -0.15) is 0 Å². The van der Waals surface area contributed by atoms with Crippen molar-refractivity contribution in [1.29, 1.82) is 0 Å². The topological polar surface area (TPSA) is 30.5 Å². The van der Waals surface area contributed by atoms with Crippen molar-refractivity contribution in [2.24, 2.45) is 0 Å². The molecule has 0 bridgehead atoms. The summed E-state index contributed by atoms with van der Waals surface area (Å²) in [7, 11) is 0. The molecule has 0 unspecified atom stereocenters. The fourth-order valence-corrected chi connectivity index (χ4v) is 3.62. The maximum Gasteiger partial charge on any atom is 0.175 e. The van der Waals surface area contributed by atoms with Crippen LogP contribution >= 0.6 is 39.1 Å². The summed E-state index contributed by atoms with van der Waals surface area (Å²) in [5, 5.41) is 4.78. The first-order valence-electron chi connectivity index (χ1n) is 8.87. The van der Waals surface area contributed by atoms with Crippen LogP contribution in [-0.4, -0.2) is 6.61 Å². The quantitative estimate of drug-likeness (QED) is 0.365. The Morgan fingerprint density at radius 2 is 1.68 bits per heavy atom. The molecule has 3 nitrogen and oxygen atoms in total. The number of rotatable bonds is 8. The molecular formula is C22H20BrCl2NO2. The second-order valence-electron chi connectivity index (χ2n) is 6.12. The average molecular weight is 481 g/mol. The summed E-state index contributed by atoms with van der Waals surface area (Å²) in [4.78, 5) is 0. The molecule has 0 aliphatic rings. The van der Waals surface area contributed by atoms with Gasteiger partial charge < -0.3 is 14.8 Å². The first-order chi connectivity index (χ1) is 13.5. The summed E-state index contributed by atoms with van der Waals surface area (Å²) in [5.74, 6) is 1.38. The number of hydrogen-bond donors (Lipinski definition) is 1. The molecule has 0 aromatic heterocycles. The Balaban J connectivity index is 1.74. The lowest BCUT2D eigenvalue weighted by Crippen LogP contribution is -2.04. The molecule has 0 amide bonds. The molecule has 6 heteroatoms. The van der Waals surface area contributed by atoms with Gasteiger partial charge in [-0.3, -0.25) is 0 Å². The van der Waals surface area contributed by atoms with Crippen molar-refractivity contribution in [2.45, 2.75) is 20.1 Å². The molecule has 146 valence electrons. The van der Waals surface area contributed by atoms with Crippen LogP contribution in [0.3, 0.4) is 0 Å². The monoisotopic (exact) mass is 479 g/mol. The molecule has 0 saturated heterocycles. The number of anilines is 1. The Labute approximate surface area is 183 Å². The molecule has 1 N–H and O–H groups in total. The van der Waals surface area contributed by atoms with Crippen molar-refractivity contribution in [1.82, 2.24) is 0 Å². The molecule has 0 atom stereocenters. The van der Waals surface area contributed by atoms with Gasteiger partial charge in [0.05, 0.1) is 11.1 Å². The van der Waals surface area contributed by atoms with Crippen LogP contribution in [0.2, 0.25) is 10.0 Å². The predicted molar refractivity (Wildman–Crippen MR) is 120 cm³/mol. The lowest BCUT2D eigenvalue weighted by molar-refractivity contribution is 0.267. The van der Waals surface area contributed by atoms with E-state index >= 15 is 0 Å². The van der Waals surface area contributed by atoms with Crippen LogP contribution in [0.1, 0.15) is 18.1 Å². The second-order valence-corrected chi connectivity index (χ2v) is 7.84. The zero-order valence-corrected chi connectivity index (χ0v) is 18.4. The van der Waals surface area contributed by atoms with Crippen molar-refractivity contribution >= 4 is 44.8 Å². The summed E-state index contributed by atoms with van der Waals surface area (Å²) in [6.45, 7) is 3.55. The van der Waals surface area contributed by atoms with E-state index in [9.17, 15) is 0 Å². The van der Waals surface area contributed by atoms with E-state index in [0.717, 1.165) is 21.3 Å². The fraction of sp³-hybridized carbons (Fsp3) is 0.182. The first kappa shape index (κ1) is 20.8. The minimum absolute atomic E-state index is 0.404. The molecular weight excluding hydrogens is 461 g/mol. The number of benzene rings is 3. The van der Waals surface area contributed by atoms with Gasteiger partial charge in [0, 0.05) is 22.3 Å². The van der Waals surface area contributed by atoms with Crippen LogP contribution in [0.25, 0.3) is 0 Å². The van der Waals surface area contributed by atoms with Crippen molar-refractivity contribution < 1.29 is 9.47 Å². The van der Waals surface area contributed by atoms with Crippen LogP contribution in [0.5, 0.6) is 11.5 Å². The van der Waals surface area contributed by atoms with E-state index in [0.29, 0.717) is 41.3 Å². The van der Waals surface area contributed by atoms with E-state index in [1.807, 2.05) is 67.6 Å². The van der Waals surface area contributed by atoms with Crippen LogP contribution in [-0.2, 0) is 13.2 Å². The smallest absolute Gasteiger partial charge is 0.175 e. The second kappa shape index (κ2) is 10.1. The lowest BCUT2D eigenvalue weighted by atomic mass is 10.2. The highest BCUT2D eigenvalue weighted by Crippen LogP contribution is 2.37. The molecule has 0 radical (unpaired) electrons. The molecule has 0 aliphatic carbocycles. The highest BCUT2D eigenvalue weighted by Gasteiger charge is 2.13. The molecule has 0 fully saturated rings. The zero-order chi connectivity index (χ0) is 19.9. The molecule has 0 aliphatic heterocycles. The SMILES string of the molecule is CCOc1cc(CNc2ccc(Cl)cc2)cc(Br)c1OCc1cccc(Cl)c1. The zero-order valence-electron chi connectivity index (χ0n) is 15.3. The molecule has 0 saturated carbocycles. The summed E-state index contributed by atoms with van der Waals surface area (Å²) in [6.07, 6.45) is 0. The largest absolute Gasteiger partial charge is 0.490 e. The average Bonchev–Trinajstić information content (AvgIpc) is 2.67. The Bertz CT molecular complexity index is 932. The van der Waals surface area contributed by atoms with Crippen molar-refractivity contribution in [3.8, 4) is 11.5 Å². The third-order valence-corrected chi connectivity index (χ3v) is 5.06. The standard InChI is InChI=1S/C22H20BrCl2NO2/c1-2-27-21-12-16(13-26-19-8-6-17(24)7-9-19)11-20(23)22(21)28-14-15-4-3-5-18(25)10-15/h3-12,26H,2,13-14H2,1H3. The van der Waals surface area contributed by atoms with Crippen LogP contribution in [0.4, 0.5) is 5.69 Å². The van der Waals surface area contributed by atoms with Gasteiger partial charge in [0.2, 0.25) is 0 Å². The molecule has 28 heavy (non-hydrogen) atoms. The molecule has 3 aromatic carbocycles. The summed E-state index contributed by atoms with van der Waals surface area (Å²) in [6, 6.07) is 19.2. The van der Waals surface area contributed by atoms with E-state index in [2.05, 4.69) is 21.2 Å². The maximum atomic E-state index is 6.05. The number of halogens is 3. The van der Waals surface area contributed by atoms with Gasteiger partial charge in [-0.05, 0) is 82.5 Å². The van der Waals surface area contributed by atoms with Crippen molar-refractivity contribution in [3.63, 3.8) is 0 Å². The minimum atomic E-state index is 0.404. The van der Waals surface area contributed by atoms with E-state index in [1.54, 1.807) is 0 Å². The molecule has 0 spiro atoms. The summed E-state index contributed by atoms with van der Waals surface area (Å²) >= 11 is 15.6. The van der Waals surface area contributed by atoms with Gasteiger partial charge in [-0.1, -0.05) is 35.3 Å². The van der Waals surface area contributed by atoms with E-state index in [-0.39, 0.29) is 0 Å². The highest BCUT2D eigenvalue weighted by molar-refractivity contribution is 9.10. The Morgan fingerprint density at radius 3 is 2.39 bits per heavy atom. The van der Waals surface area contributed by atoms with Gasteiger partial charge in [0.15, 0.2) is 11.5 Å². The van der Waals surface area contributed by atoms with Crippen molar-refractivity contribution in [3.05, 3.63) is 86.3 Å². The summed E-state index contributed by atoms with van der Waals surface area (Å²) < 4.78 is 12.7. The van der Waals surface area contributed by atoms with Gasteiger partial charge >= 0.3 is 0 Å². The van der Waals surface area contributed by atoms with Gasteiger partial charge in [-0.25, -0.2) is 0 Å². The normalized spacial score (nSPS) is 10.6. The van der Waals surface area contributed by atoms with E-state index < -0.39 is 0 Å². The highest BCUT2D eigenvalue weighted by atomic mass is 79.9. The van der Waals surface area contributed by atoms with Gasteiger partial charge in [0.25, 0.3) is 0 Å².